The fourth-order valence-corrected chi connectivity index (χ4v) is 3.29. The summed E-state index contributed by atoms with van der Waals surface area (Å²) in [7, 11) is 3.18. The standard InChI is InChI=1S/C19H18N2O3S/c1-12-17(13-8-10-14(23-2)11-9-13)20-19(25-12)21-18(22)15-6-4-5-7-16(15)24-3/h4-11H,1-3H3,(H,20,21,22). The van der Waals surface area contributed by atoms with Crippen molar-refractivity contribution in [2.45, 2.75) is 6.92 Å². The fourth-order valence-electron chi connectivity index (χ4n) is 2.46. The minimum absolute atomic E-state index is 0.243. The van der Waals surface area contributed by atoms with Gasteiger partial charge in [-0.25, -0.2) is 4.98 Å². The van der Waals surface area contributed by atoms with Gasteiger partial charge in [0.1, 0.15) is 11.5 Å². The third-order valence-electron chi connectivity index (χ3n) is 3.73. The van der Waals surface area contributed by atoms with Crippen molar-refractivity contribution < 1.29 is 14.3 Å². The Morgan fingerprint density at radius 3 is 2.44 bits per heavy atom. The first-order valence-corrected chi connectivity index (χ1v) is 8.50. The van der Waals surface area contributed by atoms with Crippen LogP contribution in [0.15, 0.2) is 48.5 Å². The van der Waals surface area contributed by atoms with Crippen LogP contribution in [0.5, 0.6) is 11.5 Å². The van der Waals surface area contributed by atoms with Gasteiger partial charge >= 0.3 is 0 Å². The molecule has 128 valence electrons. The van der Waals surface area contributed by atoms with E-state index in [9.17, 15) is 4.79 Å². The number of methoxy groups -OCH3 is 2. The van der Waals surface area contributed by atoms with Crippen molar-refractivity contribution in [3.63, 3.8) is 0 Å². The van der Waals surface area contributed by atoms with Crippen molar-refractivity contribution in [2.24, 2.45) is 0 Å². The minimum atomic E-state index is -0.243. The van der Waals surface area contributed by atoms with E-state index in [-0.39, 0.29) is 5.91 Å². The van der Waals surface area contributed by atoms with E-state index in [0.29, 0.717) is 16.4 Å². The number of aromatic nitrogens is 1. The van der Waals surface area contributed by atoms with Gasteiger partial charge in [0.15, 0.2) is 5.13 Å². The molecule has 0 bridgehead atoms. The largest absolute Gasteiger partial charge is 0.497 e. The number of hydrogen-bond donors (Lipinski definition) is 1. The lowest BCUT2D eigenvalue weighted by molar-refractivity contribution is 0.102. The molecule has 0 saturated carbocycles. The maximum Gasteiger partial charge on any atom is 0.261 e. The molecule has 0 aliphatic rings. The number of carbonyl (C=O) groups is 1. The van der Waals surface area contributed by atoms with E-state index in [1.165, 1.54) is 11.3 Å². The molecule has 0 saturated heterocycles. The van der Waals surface area contributed by atoms with Crippen molar-refractivity contribution in [3.05, 3.63) is 59.0 Å². The molecular weight excluding hydrogens is 336 g/mol. The summed E-state index contributed by atoms with van der Waals surface area (Å²) >= 11 is 1.44. The molecule has 25 heavy (non-hydrogen) atoms. The molecular formula is C19H18N2O3S. The lowest BCUT2D eigenvalue weighted by Gasteiger charge is -2.07. The topological polar surface area (TPSA) is 60.5 Å². The maximum absolute atomic E-state index is 12.5. The summed E-state index contributed by atoms with van der Waals surface area (Å²) in [5.41, 5.74) is 2.30. The number of benzene rings is 2. The number of para-hydroxylation sites is 1. The lowest BCUT2D eigenvalue weighted by Crippen LogP contribution is -2.12. The number of hydrogen-bond acceptors (Lipinski definition) is 5. The second-order valence-corrected chi connectivity index (χ2v) is 6.51. The molecule has 3 aromatic rings. The van der Waals surface area contributed by atoms with Gasteiger partial charge < -0.3 is 9.47 Å². The number of carbonyl (C=O) groups excluding carboxylic acids is 1. The number of thiazole rings is 1. The number of anilines is 1. The Bertz CT molecular complexity index is 888. The first kappa shape index (κ1) is 17.0. The normalized spacial score (nSPS) is 10.4. The summed E-state index contributed by atoms with van der Waals surface area (Å²) in [5, 5.41) is 3.41. The molecule has 2 aromatic carbocycles. The van der Waals surface area contributed by atoms with Gasteiger partial charge in [0.25, 0.3) is 5.91 Å². The van der Waals surface area contributed by atoms with Crippen molar-refractivity contribution in [1.29, 1.82) is 0 Å². The van der Waals surface area contributed by atoms with Crippen molar-refractivity contribution >= 4 is 22.4 Å². The Hall–Kier alpha value is -2.86. The van der Waals surface area contributed by atoms with Crippen LogP contribution < -0.4 is 14.8 Å². The number of amides is 1. The Labute approximate surface area is 150 Å². The van der Waals surface area contributed by atoms with E-state index in [2.05, 4.69) is 10.3 Å². The van der Waals surface area contributed by atoms with Crippen molar-refractivity contribution in [2.75, 3.05) is 19.5 Å². The van der Waals surface area contributed by atoms with Crippen LogP contribution in [-0.4, -0.2) is 25.1 Å². The number of nitrogens with zero attached hydrogens (tertiary/aromatic N) is 1. The molecule has 1 amide bonds. The summed E-state index contributed by atoms with van der Waals surface area (Å²) in [5.74, 6) is 1.08. The van der Waals surface area contributed by atoms with Gasteiger partial charge in [-0.05, 0) is 43.3 Å². The lowest BCUT2D eigenvalue weighted by atomic mass is 10.1. The summed E-state index contributed by atoms with van der Waals surface area (Å²) < 4.78 is 10.4. The molecule has 0 aliphatic carbocycles. The van der Waals surface area contributed by atoms with Crippen LogP contribution in [0.1, 0.15) is 15.2 Å². The Morgan fingerprint density at radius 2 is 1.76 bits per heavy atom. The van der Waals surface area contributed by atoms with Crippen molar-refractivity contribution in [1.82, 2.24) is 4.98 Å². The molecule has 0 atom stereocenters. The molecule has 0 aliphatic heterocycles. The molecule has 1 N–H and O–H groups in total. The molecule has 5 nitrogen and oxygen atoms in total. The molecule has 1 heterocycles. The Morgan fingerprint density at radius 1 is 1.04 bits per heavy atom. The second-order valence-electron chi connectivity index (χ2n) is 5.31. The average Bonchev–Trinajstić information content (AvgIpc) is 3.01. The van der Waals surface area contributed by atoms with Crippen LogP contribution in [0.3, 0.4) is 0 Å². The smallest absolute Gasteiger partial charge is 0.261 e. The zero-order chi connectivity index (χ0) is 17.8. The Balaban J connectivity index is 1.83. The van der Waals surface area contributed by atoms with Gasteiger partial charge in [0.2, 0.25) is 0 Å². The highest BCUT2D eigenvalue weighted by Crippen LogP contribution is 2.32. The molecule has 0 unspecified atom stereocenters. The molecule has 0 spiro atoms. The van der Waals surface area contributed by atoms with Gasteiger partial charge in [-0.15, -0.1) is 11.3 Å². The van der Waals surface area contributed by atoms with Gasteiger partial charge in [-0.2, -0.15) is 0 Å². The third-order valence-corrected chi connectivity index (χ3v) is 4.62. The quantitative estimate of drug-likeness (QED) is 0.738. The highest BCUT2D eigenvalue weighted by Gasteiger charge is 2.15. The van der Waals surface area contributed by atoms with E-state index < -0.39 is 0 Å². The summed E-state index contributed by atoms with van der Waals surface area (Å²) in [4.78, 5) is 18.1. The van der Waals surface area contributed by atoms with Gasteiger partial charge in [0, 0.05) is 10.4 Å². The van der Waals surface area contributed by atoms with Gasteiger partial charge in [0.05, 0.1) is 25.5 Å². The van der Waals surface area contributed by atoms with Crippen LogP contribution in [0, 0.1) is 6.92 Å². The molecule has 0 radical (unpaired) electrons. The van der Waals surface area contributed by atoms with E-state index in [1.54, 1.807) is 32.4 Å². The van der Waals surface area contributed by atoms with Crippen LogP contribution in [0.4, 0.5) is 5.13 Å². The SMILES string of the molecule is COc1ccc(-c2nc(NC(=O)c3ccccc3OC)sc2C)cc1. The van der Waals surface area contributed by atoms with Crippen molar-refractivity contribution in [3.8, 4) is 22.8 Å². The second kappa shape index (κ2) is 7.36. The predicted molar refractivity (Wildman–Crippen MR) is 99.8 cm³/mol. The van der Waals surface area contributed by atoms with Crippen LogP contribution in [0.2, 0.25) is 0 Å². The minimum Gasteiger partial charge on any atom is -0.497 e. The monoisotopic (exact) mass is 354 g/mol. The highest BCUT2D eigenvalue weighted by molar-refractivity contribution is 7.16. The van der Waals surface area contributed by atoms with Crippen LogP contribution >= 0.6 is 11.3 Å². The summed E-state index contributed by atoms with van der Waals surface area (Å²) in [6.07, 6.45) is 0. The summed E-state index contributed by atoms with van der Waals surface area (Å²) in [6.45, 7) is 1.98. The predicted octanol–water partition coefficient (Wildman–Crippen LogP) is 4.39. The maximum atomic E-state index is 12.5. The summed E-state index contributed by atoms with van der Waals surface area (Å²) in [6, 6.07) is 14.8. The first-order valence-electron chi connectivity index (χ1n) is 7.68. The third kappa shape index (κ3) is 3.64. The Kier molecular flexibility index (Phi) is 5.00. The van der Waals surface area contributed by atoms with Crippen LogP contribution in [0.25, 0.3) is 11.3 Å². The highest BCUT2D eigenvalue weighted by atomic mass is 32.1. The van der Waals surface area contributed by atoms with E-state index in [4.69, 9.17) is 9.47 Å². The van der Waals surface area contributed by atoms with E-state index >= 15 is 0 Å². The molecule has 1 aromatic heterocycles. The zero-order valence-corrected chi connectivity index (χ0v) is 15.0. The zero-order valence-electron chi connectivity index (χ0n) is 14.2. The van der Waals surface area contributed by atoms with Gasteiger partial charge in [-0.1, -0.05) is 12.1 Å². The fraction of sp³-hybridized carbons (Fsp3) is 0.158. The number of ether oxygens (including phenoxy) is 2. The van der Waals surface area contributed by atoms with E-state index in [0.717, 1.165) is 21.9 Å². The molecule has 0 fully saturated rings. The molecule has 3 rings (SSSR count). The van der Waals surface area contributed by atoms with Crippen LogP contribution in [-0.2, 0) is 0 Å². The average molecular weight is 354 g/mol. The molecule has 6 heteroatoms. The van der Waals surface area contributed by atoms with Gasteiger partial charge in [-0.3, -0.25) is 10.1 Å². The first-order chi connectivity index (χ1) is 12.1. The van der Waals surface area contributed by atoms with E-state index in [1.807, 2.05) is 37.3 Å². The number of rotatable bonds is 5. The number of nitrogens with one attached hydrogen (secondary N) is 1. The number of aryl methyl sites for hydroxylation is 1.